The Balaban J connectivity index is 0.00000341. The molecule has 1 aromatic carbocycles. The van der Waals surface area contributed by atoms with Crippen molar-refractivity contribution in [3.8, 4) is 16.5 Å². The van der Waals surface area contributed by atoms with Crippen LogP contribution in [0.15, 0.2) is 51.4 Å². The fourth-order valence-electron chi connectivity index (χ4n) is 2.58. The van der Waals surface area contributed by atoms with Gasteiger partial charge in [-0.3, -0.25) is 4.99 Å². The third-order valence-corrected chi connectivity index (χ3v) is 4.86. The summed E-state index contributed by atoms with van der Waals surface area (Å²) in [6, 6.07) is 8.97. The Morgan fingerprint density at radius 3 is 2.68 bits per heavy atom. The molecule has 0 radical (unpaired) electrons. The van der Waals surface area contributed by atoms with E-state index in [1.807, 2.05) is 23.6 Å². The number of hydrogen-bond acceptors (Lipinski definition) is 5. The molecule has 11 heteroatoms. The summed E-state index contributed by atoms with van der Waals surface area (Å²) in [5.41, 5.74) is 2.10. The monoisotopic (exact) mass is 566 g/mol. The summed E-state index contributed by atoms with van der Waals surface area (Å²) in [5.74, 6) is 1.21. The maximum Gasteiger partial charge on any atom is 0.422 e. The van der Waals surface area contributed by atoms with Crippen LogP contribution in [-0.2, 0) is 13.1 Å². The summed E-state index contributed by atoms with van der Waals surface area (Å²) in [5, 5.41) is 8.11. The standard InChI is InChI=1S/C20H21F3N4O2S.HI/c1-13-5-6-14(16(8-13)29-12-20(21,22)23)9-25-19(24-2)26-10-15-11-28-18(27-15)17-4-3-7-30-17;/h3-8,11H,9-10,12H2,1-2H3,(H2,24,25,26);1H. The van der Waals surface area contributed by atoms with E-state index in [1.54, 1.807) is 32.4 Å². The van der Waals surface area contributed by atoms with Gasteiger partial charge in [0.1, 0.15) is 12.0 Å². The van der Waals surface area contributed by atoms with Crippen molar-refractivity contribution in [3.63, 3.8) is 0 Å². The maximum atomic E-state index is 12.5. The summed E-state index contributed by atoms with van der Waals surface area (Å²) < 4.78 is 48.0. The van der Waals surface area contributed by atoms with E-state index in [0.29, 0.717) is 29.7 Å². The minimum Gasteiger partial charge on any atom is -0.484 e. The molecule has 0 fully saturated rings. The number of ether oxygens (including phenoxy) is 1. The predicted octanol–water partition coefficient (Wildman–Crippen LogP) is 5.14. The molecule has 31 heavy (non-hydrogen) atoms. The molecular formula is C20H22F3IN4O2S. The number of alkyl halides is 3. The van der Waals surface area contributed by atoms with Crippen LogP contribution in [0.1, 0.15) is 16.8 Å². The van der Waals surface area contributed by atoms with E-state index in [4.69, 9.17) is 9.15 Å². The van der Waals surface area contributed by atoms with Gasteiger partial charge in [-0.25, -0.2) is 4.98 Å². The first-order valence-electron chi connectivity index (χ1n) is 9.06. The van der Waals surface area contributed by atoms with E-state index in [-0.39, 0.29) is 36.3 Å². The van der Waals surface area contributed by atoms with Gasteiger partial charge in [-0.15, -0.1) is 35.3 Å². The number of nitrogens with zero attached hydrogens (tertiary/aromatic N) is 2. The molecule has 0 saturated heterocycles. The van der Waals surface area contributed by atoms with Gasteiger partial charge in [0, 0.05) is 19.2 Å². The molecule has 2 aromatic heterocycles. The average Bonchev–Trinajstić information content (AvgIpc) is 3.38. The Bertz CT molecular complexity index is 991. The number of hydrogen-bond donors (Lipinski definition) is 2. The van der Waals surface area contributed by atoms with E-state index in [2.05, 4.69) is 20.6 Å². The van der Waals surface area contributed by atoms with E-state index in [1.165, 1.54) is 11.3 Å². The van der Waals surface area contributed by atoms with Crippen LogP contribution in [0.2, 0.25) is 0 Å². The lowest BCUT2D eigenvalue weighted by atomic mass is 10.1. The summed E-state index contributed by atoms with van der Waals surface area (Å²) in [6.07, 6.45) is -2.83. The van der Waals surface area contributed by atoms with Gasteiger partial charge < -0.3 is 19.8 Å². The largest absolute Gasteiger partial charge is 0.484 e. The van der Waals surface area contributed by atoms with Gasteiger partial charge in [-0.1, -0.05) is 18.2 Å². The van der Waals surface area contributed by atoms with Crippen LogP contribution < -0.4 is 15.4 Å². The van der Waals surface area contributed by atoms with Crippen LogP contribution in [0.3, 0.4) is 0 Å². The number of halogens is 4. The Morgan fingerprint density at radius 1 is 1.23 bits per heavy atom. The molecule has 0 aliphatic rings. The van der Waals surface area contributed by atoms with Crippen LogP contribution in [-0.4, -0.2) is 30.8 Å². The Labute approximate surface area is 199 Å². The zero-order valence-corrected chi connectivity index (χ0v) is 20.0. The van der Waals surface area contributed by atoms with Crippen molar-refractivity contribution < 1.29 is 22.3 Å². The highest BCUT2D eigenvalue weighted by Gasteiger charge is 2.28. The summed E-state index contributed by atoms with van der Waals surface area (Å²) in [6.45, 7) is 1.07. The summed E-state index contributed by atoms with van der Waals surface area (Å²) in [4.78, 5) is 9.48. The van der Waals surface area contributed by atoms with Crippen molar-refractivity contribution in [1.82, 2.24) is 15.6 Å². The van der Waals surface area contributed by atoms with Gasteiger partial charge in [-0.2, -0.15) is 13.2 Å². The van der Waals surface area contributed by atoms with Crippen LogP contribution in [0.25, 0.3) is 10.8 Å². The first kappa shape index (κ1) is 25.0. The SMILES string of the molecule is CN=C(NCc1coc(-c2cccs2)n1)NCc1ccc(C)cc1OCC(F)(F)F.I. The lowest BCUT2D eigenvalue weighted by molar-refractivity contribution is -0.153. The number of thiophene rings is 1. The second-order valence-corrected chi connectivity index (χ2v) is 7.36. The average molecular weight is 566 g/mol. The third kappa shape index (κ3) is 7.73. The zero-order chi connectivity index (χ0) is 21.6. The summed E-state index contributed by atoms with van der Waals surface area (Å²) in [7, 11) is 1.60. The second kappa shape index (κ2) is 11.4. The lowest BCUT2D eigenvalue weighted by Gasteiger charge is -2.16. The highest BCUT2D eigenvalue weighted by molar-refractivity contribution is 14.0. The van der Waals surface area contributed by atoms with Gasteiger partial charge >= 0.3 is 6.18 Å². The van der Waals surface area contributed by atoms with Crippen LogP contribution in [0.4, 0.5) is 13.2 Å². The number of oxazole rings is 1. The molecule has 0 aliphatic heterocycles. The fourth-order valence-corrected chi connectivity index (χ4v) is 3.23. The molecule has 0 atom stereocenters. The molecule has 168 valence electrons. The predicted molar refractivity (Wildman–Crippen MR) is 125 cm³/mol. The van der Waals surface area contributed by atoms with Crippen molar-refractivity contribution in [2.75, 3.05) is 13.7 Å². The molecule has 0 amide bonds. The second-order valence-electron chi connectivity index (χ2n) is 6.42. The fraction of sp³-hybridized carbons (Fsp3) is 0.300. The van der Waals surface area contributed by atoms with E-state index >= 15 is 0 Å². The topological polar surface area (TPSA) is 71.7 Å². The first-order chi connectivity index (χ1) is 14.3. The molecule has 0 unspecified atom stereocenters. The Kier molecular flexibility index (Phi) is 9.16. The number of rotatable bonds is 7. The van der Waals surface area contributed by atoms with Crippen LogP contribution in [0.5, 0.6) is 5.75 Å². The van der Waals surface area contributed by atoms with E-state index in [0.717, 1.165) is 10.4 Å². The molecule has 2 heterocycles. The van der Waals surface area contributed by atoms with Gasteiger partial charge in [-0.05, 0) is 30.0 Å². The van der Waals surface area contributed by atoms with Crippen molar-refractivity contribution >= 4 is 41.3 Å². The van der Waals surface area contributed by atoms with Gasteiger partial charge in [0.15, 0.2) is 12.6 Å². The molecule has 0 bridgehead atoms. The van der Waals surface area contributed by atoms with Gasteiger partial charge in [0.05, 0.1) is 17.1 Å². The smallest absolute Gasteiger partial charge is 0.422 e. The van der Waals surface area contributed by atoms with Crippen LogP contribution in [0, 0.1) is 6.92 Å². The third-order valence-electron chi connectivity index (χ3n) is 4.00. The minimum atomic E-state index is -4.40. The van der Waals surface area contributed by atoms with E-state index < -0.39 is 12.8 Å². The molecule has 3 aromatic rings. The zero-order valence-electron chi connectivity index (χ0n) is 16.8. The molecule has 2 N–H and O–H groups in total. The number of aromatic nitrogens is 1. The van der Waals surface area contributed by atoms with Crippen molar-refractivity contribution in [3.05, 3.63) is 58.8 Å². The maximum absolute atomic E-state index is 12.5. The van der Waals surface area contributed by atoms with Gasteiger partial charge in [0.25, 0.3) is 0 Å². The molecule has 0 aliphatic carbocycles. The number of nitrogens with one attached hydrogen (secondary N) is 2. The molecule has 0 spiro atoms. The molecule has 6 nitrogen and oxygen atoms in total. The normalized spacial score (nSPS) is 11.7. The van der Waals surface area contributed by atoms with Crippen molar-refractivity contribution in [2.24, 2.45) is 4.99 Å². The molecule has 0 saturated carbocycles. The number of aryl methyl sites for hydroxylation is 1. The lowest BCUT2D eigenvalue weighted by Crippen LogP contribution is -2.36. The Morgan fingerprint density at radius 2 is 2.00 bits per heavy atom. The summed E-state index contributed by atoms with van der Waals surface area (Å²) >= 11 is 1.54. The number of benzene rings is 1. The molecular weight excluding hydrogens is 544 g/mol. The first-order valence-corrected chi connectivity index (χ1v) is 9.94. The number of guanidine groups is 1. The molecule has 3 rings (SSSR count). The minimum absolute atomic E-state index is 0. The highest BCUT2D eigenvalue weighted by atomic mass is 127. The van der Waals surface area contributed by atoms with Crippen LogP contribution >= 0.6 is 35.3 Å². The van der Waals surface area contributed by atoms with Crippen molar-refractivity contribution in [2.45, 2.75) is 26.2 Å². The highest BCUT2D eigenvalue weighted by Crippen LogP contribution is 2.24. The number of aliphatic imine (C=N–C) groups is 1. The van der Waals surface area contributed by atoms with Crippen molar-refractivity contribution in [1.29, 1.82) is 0 Å². The van der Waals surface area contributed by atoms with E-state index in [9.17, 15) is 13.2 Å². The van der Waals surface area contributed by atoms with Gasteiger partial charge in [0.2, 0.25) is 5.89 Å². The Hall–Kier alpha value is -2.28. The quantitative estimate of drug-likeness (QED) is 0.236.